The summed E-state index contributed by atoms with van der Waals surface area (Å²) in [6, 6.07) is 7.93. The number of methoxy groups -OCH3 is 1. The van der Waals surface area contributed by atoms with E-state index in [-0.39, 0.29) is 11.9 Å². The third-order valence-corrected chi connectivity index (χ3v) is 3.83. The van der Waals surface area contributed by atoms with Gasteiger partial charge >= 0.3 is 0 Å². The molecule has 1 fully saturated rings. The van der Waals surface area contributed by atoms with E-state index in [1.165, 1.54) is 5.56 Å². The molecule has 104 valence electrons. The zero-order chi connectivity index (χ0) is 14.0. The molecule has 4 heteroatoms. The average molecular weight is 262 g/mol. The zero-order valence-corrected chi connectivity index (χ0v) is 11.8. The normalized spacial score (nSPS) is 24.3. The molecule has 0 unspecified atom stereocenters. The minimum atomic E-state index is -0.419. The van der Waals surface area contributed by atoms with E-state index in [2.05, 4.69) is 19.1 Å². The molecule has 3 atom stereocenters. The molecule has 4 nitrogen and oxygen atoms in total. The van der Waals surface area contributed by atoms with Crippen molar-refractivity contribution >= 4 is 5.91 Å². The lowest BCUT2D eigenvalue weighted by molar-refractivity contribution is -0.132. The van der Waals surface area contributed by atoms with Crippen molar-refractivity contribution in [1.82, 2.24) is 4.90 Å². The van der Waals surface area contributed by atoms with E-state index in [1.54, 1.807) is 14.0 Å². The van der Waals surface area contributed by atoms with Crippen LogP contribution in [-0.2, 0) is 4.79 Å². The predicted octanol–water partition coefficient (Wildman–Crippen LogP) is 1.75. The van der Waals surface area contributed by atoms with E-state index >= 15 is 0 Å². The molecular weight excluding hydrogens is 240 g/mol. The summed E-state index contributed by atoms with van der Waals surface area (Å²) < 4.78 is 5.16. The van der Waals surface area contributed by atoms with Gasteiger partial charge in [-0.25, -0.2) is 0 Å². The van der Waals surface area contributed by atoms with Crippen molar-refractivity contribution in [3.8, 4) is 5.75 Å². The molecule has 0 radical (unpaired) electrons. The van der Waals surface area contributed by atoms with Crippen LogP contribution in [-0.4, -0.2) is 36.5 Å². The van der Waals surface area contributed by atoms with Crippen LogP contribution < -0.4 is 10.5 Å². The Morgan fingerprint density at radius 2 is 2.05 bits per heavy atom. The van der Waals surface area contributed by atoms with Crippen LogP contribution in [0.25, 0.3) is 0 Å². The highest BCUT2D eigenvalue weighted by Gasteiger charge is 2.34. The maximum Gasteiger partial charge on any atom is 0.239 e. The van der Waals surface area contributed by atoms with E-state index in [4.69, 9.17) is 10.5 Å². The quantitative estimate of drug-likeness (QED) is 0.903. The summed E-state index contributed by atoms with van der Waals surface area (Å²) in [5, 5.41) is 0. The first-order chi connectivity index (χ1) is 9.02. The van der Waals surface area contributed by atoms with Crippen LogP contribution in [0, 0.1) is 0 Å². The molecule has 1 aromatic carbocycles. The Morgan fingerprint density at radius 1 is 1.42 bits per heavy atom. The van der Waals surface area contributed by atoms with Crippen LogP contribution in [0.5, 0.6) is 5.75 Å². The van der Waals surface area contributed by atoms with Crippen molar-refractivity contribution in [1.29, 1.82) is 0 Å². The summed E-state index contributed by atoms with van der Waals surface area (Å²) in [4.78, 5) is 13.9. The number of nitrogens with zero attached hydrogens (tertiary/aromatic N) is 1. The van der Waals surface area contributed by atoms with E-state index in [1.807, 2.05) is 17.0 Å². The second-order valence-electron chi connectivity index (χ2n) is 5.33. The largest absolute Gasteiger partial charge is 0.497 e. The number of benzene rings is 1. The van der Waals surface area contributed by atoms with Gasteiger partial charge in [0.15, 0.2) is 0 Å². The van der Waals surface area contributed by atoms with E-state index in [9.17, 15) is 4.79 Å². The fourth-order valence-corrected chi connectivity index (χ4v) is 2.72. The minimum absolute atomic E-state index is 0.0449. The average Bonchev–Trinajstić information content (AvgIpc) is 2.80. The molecule has 2 N–H and O–H groups in total. The molecule has 1 aromatic rings. The van der Waals surface area contributed by atoms with Crippen molar-refractivity contribution < 1.29 is 9.53 Å². The van der Waals surface area contributed by atoms with Crippen molar-refractivity contribution in [3.05, 3.63) is 29.8 Å². The molecule has 0 spiro atoms. The molecule has 2 rings (SSSR count). The summed E-state index contributed by atoms with van der Waals surface area (Å²) in [5.41, 5.74) is 6.95. The summed E-state index contributed by atoms with van der Waals surface area (Å²) >= 11 is 0. The second-order valence-corrected chi connectivity index (χ2v) is 5.33. The first kappa shape index (κ1) is 13.9. The van der Waals surface area contributed by atoms with Crippen molar-refractivity contribution in [2.75, 3.05) is 13.7 Å². The zero-order valence-electron chi connectivity index (χ0n) is 11.8. The van der Waals surface area contributed by atoms with Crippen molar-refractivity contribution in [2.45, 2.75) is 38.3 Å². The minimum Gasteiger partial charge on any atom is -0.497 e. The van der Waals surface area contributed by atoms with Gasteiger partial charge in [0.1, 0.15) is 5.75 Å². The molecule has 1 aliphatic rings. The number of nitrogens with two attached hydrogens (primary N) is 1. The van der Waals surface area contributed by atoms with Gasteiger partial charge in [-0.1, -0.05) is 12.1 Å². The van der Waals surface area contributed by atoms with Gasteiger partial charge in [0.05, 0.1) is 13.2 Å². The van der Waals surface area contributed by atoms with E-state index in [0.29, 0.717) is 5.92 Å². The molecule has 0 saturated carbocycles. The van der Waals surface area contributed by atoms with Gasteiger partial charge in [0, 0.05) is 18.5 Å². The standard InChI is InChI=1S/C15H22N2O2/c1-10-8-13(9-17(10)15(18)11(2)16)12-4-6-14(19-3)7-5-12/h4-7,10-11,13H,8-9,16H2,1-3H3/t10-,11-,13+/m1/s1. The Labute approximate surface area is 114 Å². The van der Waals surface area contributed by atoms with Crippen LogP contribution in [0.2, 0.25) is 0 Å². The van der Waals surface area contributed by atoms with Crippen molar-refractivity contribution in [2.24, 2.45) is 5.73 Å². The Bertz CT molecular complexity index is 442. The monoisotopic (exact) mass is 262 g/mol. The van der Waals surface area contributed by atoms with E-state index in [0.717, 1.165) is 18.7 Å². The van der Waals surface area contributed by atoms with Crippen LogP contribution in [0.4, 0.5) is 0 Å². The van der Waals surface area contributed by atoms with Gasteiger partial charge < -0.3 is 15.4 Å². The molecule has 0 bridgehead atoms. The number of carbonyl (C=O) groups is 1. The highest BCUT2D eigenvalue weighted by atomic mass is 16.5. The number of carbonyl (C=O) groups excluding carboxylic acids is 1. The number of hydrogen-bond donors (Lipinski definition) is 1. The molecule has 1 amide bonds. The third-order valence-electron chi connectivity index (χ3n) is 3.83. The molecule has 1 saturated heterocycles. The number of rotatable bonds is 3. The Hall–Kier alpha value is -1.55. The van der Waals surface area contributed by atoms with Gasteiger partial charge in [-0.05, 0) is 38.0 Å². The predicted molar refractivity (Wildman–Crippen MR) is 75.2 cm³/mol. The Balaban J connectivity index is 2.09. The number of likely N-dealkylation sites (tertiary alicyclic amines) is 1. The molecule has 0 aliphatic carbocycles. The van der Waals surface area contributed by atoms with Gasteiger partial charge in [-0.15, -0.1) is 0 Å². The molecular formula is C15H22N2O2. The molecule has 1 aliphatic heterocycles. The molecule has 0 aromatic heterocycles. The lowest BCUT2D eigenvalue weighted by atomic mass is 9.97. The fourth-order valence-electron chi connectivity index (χ4n) is 2.72. The summed E-state index contributed by atoms with van der Waals surface area (Å²) in [6.45, 7) is 4.59. The van der Waals surface area contributed by atoms with Gasteiger partial charge in [-0.2, -0.15) is 0 Å². The van der Waals surface area contributed by atoms with Crippen LogP contribution in [0.3, 0.4) is 0 Å². The summed E-state index contributed by atoms with van der Waals surface area (Å²) in [5.74, 6) is 1.30. The number of hydrogen-bond acceptors (Lipinski definition) is 3. The maximum absolute atomic E-state index is 12.0. The summed E-state index contributed by atoms with van der Waals surface area (Å²) in [6.07, 6.45) is 0.991. The summed E-state index contributed by atoms with van der Waals surface area (Å²) in [7, 11) is 1.66. The number of amides is 1. The number of ether oxygens (including phenoxy) is 1. The first-order valence-corrected chi connectivity index (χ1v) is 6.73. The van der Waals surface area contributed by atoms with Gasteiger partial charge in [-0.3, -0.25) is 4.79 Å². The highest BCUT2D eigenvalue weighted by Crippen LogP contribution is 2.32. The Kier molecular flexibility index (Phi) is 4.10. The van der Waals surface area contributed by atoms with Crippen molar-refractivity contribution in [3.63, 3.8) is 0 Å². The van der Waals surface area contributed by atoms with E-state index < -0.39 is 6.04 Å². The molecule has 1 heterocycles. The van der Waals surface area contributed by atoms with Gasteiger partial charge in [0.25, 0.3) is 0 Å². The van der Waals surface area contributed by atoms with Crippen LogP contribution >= 0.6 is 0 Å². The maximum atomic E-state index is 12.0. The fraction of sp³-hybridized carbons (Fsp3) is 0.533. The van der Waals surface area contributed by atoms with Gasteiger partial charge in [0.2, 0.25) is 5.91 Å². The molecule has 19 heavy (non-hydrogen) atoms. The second kappa shape index (κ2) is 5.61. The van der Waals surface area contributed by atoms with Crippen LogP contribution in [0.15, 0.2) is 24.3 Å². The smallest absolute Gasteiger partial charge is 0.239 e. The Morgan fingerprint density at radius 3 is 2.58 bits per heavy atom. The SMILES string of the molecule is COc1ccc([C@H]2C[C@@H](C)N(C(=O)[C@@H](C)N)C2)cc1. The highest BCUT2D eigenvalue weighted by molar-refractivity contribution is 5.81. The lowest BCUT2D eigenvalue weighted by Gasteiger charge is -2.23. The lowest BCUT2D eigenvalue weighted by Crippen LogP contribution is -2.43. The van der Waals surface area contributed by atoms with Crippen LogP contribution in [0.1, 0.15) is 31.7 Å². The topological polar surface area (TPSA) is 55.6 Å². The third kappa shape index (κ3) is 2.89. The first-order valence-electron chi connectivity index (χ1n) is 6.73.